The predicted octanol–water partition coefficient (Wildman–Crippen LogP) is 2.95. The van der Waals surface area contributed by atoms with Crippen LogP contribution in [0.3, 0.4) is 0 Å². The summed E-state index contributed by atoms with van der Waals surface area (Å²) in [6.07, 6.45) is 1.29. The molecule has 15 heavy (non-hydrogen) atoms. The molecule has 1 atom stereocenters. The first-order valence-electron chi connectivity index (χ1n) is 4.56. The molecule has 1 saturated carbocycles. The summed E-state index contributed by atoms with van der Waals surface area (Å²) in [4.78, 5) is 13.4. The Bertz CT molecular complexity index is 434. The number of carbonyl (C=O) groups excluding carboxylic acids is 1. The van der Waals surface area contributed by atoms with Crippen LogP contribution in [0.25, 0.3) is 0 Å². The van der Waals surface area contributed by atoms with Crippen LogP contribution in [0.5, 0.6) is 0 Å². The van der Waals surface area contributed by atoms with Gasteiger partial charge in [-0.1, -0.05) is 12.1 Å². The summed E-state index contributed by atoms with van der Waals surface area (Å²) in [6, 6.07) is 6.24. The fraction of sp³-hybridized carbons (Fsp3) is 0.364. The summed E-state index contributed by atoms with van der Waals surface area (Å²) in [6.45, 7) is 1.53. The molecule has 0 aromatic heterocycles. The van der Waals surface area contributed by atoms with Crippen molar-refractivity contribution in [3.63, 3.8) is 0 Å². The highest BCUT2D eigenvalue weighted by atomic mass is 19.3. The van der Waals surface area contributed by atoms with E-state index in [4.69, 9.17) is 0 Å². The summed E-state index contributed by atoms with van der Waals surface area (Å²) in [5.74, 6) is -2.61. The van der Waals surface area contributed by atoms with E-state index in [2.05, 4.69) is 4.99 Å². The van der Waals surface area contributed by atoms with Gasteiger partial charge in [0, 0.05) is 6.42 Å². The number of halogens is 2. The molecule has 0 bridgehead atoms. The monoisotopic (exact) mass is 209 g/mol. The van der Waals surface area contributed by atoms with Crippen molar-refractivity contribution in [2.75, 3.05) is 0 Å². The molecule has 0 N–H and O–H groups in total. The molecule has 1 aromatic rings. The van der Waals surface area contributed by atoms with Crippen LogP contribution in [0.15, 0.2) is 29.3 Å². The standard InChI is InChI=1S/C11H9F2NO/c1-10(6-11(10,12)13)8-2-4-9(5-3-8)14-7-15/h2-5H,6H2,1H3. The third-order valence-corrected chi connectivity index (χ3v) is 2.94. The maximum atomic E-state index is 13.0. The van der Waals surface area contributed by atoms with Crippen LogP contribution in [0.1, 0.15) is 18.9 Å². The highest BCUT2D eigenvalue weighted by Gasteiger charge is 2.68. The average Bonchev–Trinajstić information content (AvgIpc) is 2.69. The molecule has 0 spiro atoms. The maximum absolute atomic E-state index is 13.0. The van der Waals surface area contributed by atoms with Crippen LogP contribution in [-0.2, 0) is 10.2 Å². The molecule has 0 heterocycles. The van der Waals surface area contributed by atoms with Crippen molar-refractivity contribution in [2.45, 2.75) is 24.7 Å². The second kappa shape index (κ2) is 2.97. The third kappa shape index (κ3) is 1.47. The van der Waals surface area contributed by atoms with Crippen molar-refractivity contribution < 1.29 is 13.6 Å². The van der Waals surface area contributed by atoms with Gasteiger partial charge in [0.25, 0.3) is 5.92 Å². The van der Waals surface area contributed by atoms with Gasteiger partial charge >= 0.3 is 0 Å². The molecule has 0 saturated heterocycles. The Hall–Kier alpha value is -1.54. The first kappa shape index (κ1) is 9.99. The number of aliphatic imine (C=N–C) groups is 1. The van der Waals surface area contributed by atoms with Crippen LogP contribution in [0, 0.1) is 0 Å². The number of hydrogen-bond donors (Lipinski definition) is 0. The molecule has 1 aliphatic rings. The molecule has 0 aliphatic heterocycles. The quantitative estimate of drug-likeness (QED) is 0.544. The second-order valence-electron chi connectivity index (χ2n) is 3.96. The van der Waals surface area contributed by atoms with Gasteiger partial charge in [-0.15, -0.1) is 0 Å². The molecule has 1 aromatic carbocycles. The van der Waals surface area contributed by atoms with Gasteiger partial charge in [0.2, 0.25) is 6.08 Å². The van der Waals surface area contributed by atoms with E-state index in [1.165, 1.54) is 13.0 Å². The minimum Gasteiger partial charge on any atom is -0.211 e. The number of hydrogen-bond acceptors (Lipinski definition) is 2. The lowest BCUT2D eigenvalue weighted by Gasteiger charge is -2.09. The van der Waals surface area contributed by atoms with E-state index in [0.717, 1.165) is 0 Å². The minimum absolute atomic E-state index is 0.115. The van der Waals surface area contributed by atoms with Gasteiger partial charge in [-0.05, 0) is 24.6 Å². The zero-order valence-corrected chi connectivity index (χ0v) is 8.13. The Morgan fingerprint density at radius 2 is 1.87 bits per heavy atom. The Morgan fingerprint density at radius 1 is 1.33 bits per heavy atom. The van der Waals surface area contributed by atoms with E-state index >= 15 is 0 Å². The van der Waals surface area contributed by atoms with Crippen molar-refractivity contribution >= 4 is 11.8 Å². The fourth-order valence-corrected chi connectivity index (χ4v) is 1.67. The number of isocyanates is 1. The third-order valence-electron chi connectivity index (χ3n) is 2.94. The summed E-state index contributed by atoms with van der Waals surface area (Å²) >= 11 is 0. The molecule has 0 radical (unpaired) electrons. The van der Waals surface area contributed by atoms with E-state index in [0.29, 0.717) is 11.3 Å². The molecule has 78 valence electrons. The van der Waals surface area contributed by atoms with Crippen molar-refractivity contribution in [1.29, 1.82) is 0 Å². The first-order chi connectivity index (χ1) is 6.99. The summed E-state index contributed by atoms with van der Waals surface area (Å²) in [5.41, 5.74) is -0.0326. The SMILES string of the molecule is CC1(c2ccc(N=C=O)cc2)CC1(F)F. The summed E-state index contributed by atoms with van der Waals surface area (Å²) in [7, 11) is 0. The molecule has 2 rings (SSSR count). The lowest BCUT2D eigenvalue weighted by molar-refractivity contribution is 0.0920. The maximum Gasteiger partial charge on any atom is 0.258 e. The van der Waals surface area contributed by atoms with E-state index < -0.39 is 11.3 Å². The topological polar surface area (TPSA) is 29.4 Å². The lowest BCUT2D eigenvalue weighted by Crippen LogP contribution is -2.11. The fourth-order valence-electron chi connectivity index (χ4n) is 1.67. The van der Waals surface area contributed by atoms with Crippen LogP contribution >= 0.6 is 0 Å². The van der Waals surface area contributed by atoms with E-state index in [9.17, 15) is 13.6 Å². The second-order valence-corrected chi connectivity index (χ2v) is 3.96. The minimum atomic E-state index is -2.61. The Kier molecular flexibility index (Phi) is 1.98. The first-order valence-corrected chi connectivity index (χ1v) is 4.56. The Balaban J connectivity index is 2.29. The van der Waals surface area contributed by atoms with E-state index in [-0.39, 0.29) is 6.42 Å². The van der Waals surface area contributed by atoms with Crippen molar-refractivity contribution in [3.8, 4) is 0 Å². The van der Waals surface area contributed by atoms with Crippen LogP contribution < -0.4 is 0 Å². The van der Waals surface area contributed by atoms with Crippen molar-refractivity contribution in [2.24, 2.45) is 4.99 Å². The van der Waals surface area contributed by atoms with Crippen molar-refractivity contribution in [3.05, 3.63) is 29.8 Å². The average molecular weight is 209 g/mol. The molecule has 1 aliphatic carbocycles. The Morgan fingerprint density at radius 3 is 2.27 bits per heavy atom. The largest absolute Gasteiger partial charge is 0.258 e. The summed E-state index contributed by atoms with van der Waals surface area (Å²) in [5, 5.41) is 0. The molecule has 4 heteroatoms. The van der Waals surface area contributed by atoms with Crippen LogP contribution in [-0.4, -0.2) is 12.0 Å². The van der Waals surface area contributed by atoms with Gasteiger partial charge in [-0.25, -0.2) is 13.6 Å². The smallest absolute Gasteiger partial charge is 0.211 e. The summed E-state index contributed by atoms with van der Waals surface area (Å²) < 4.78 is 26.1. The van der Waals surface area contributed by atoms with Gasteiger partial charge in [0.05, 0.1) is 11.1 Å². The van der Waals surface area contributed by atoms with Crippen molar-refractivity contribution in [1.82, 2.24) is 0 Å². The number of alkyl halides is 2. The molecule has 1 unspecified atom stereocenters. The lowest BCUT2D eigenvalue weighted by atomic mass is 9.97. The molecular formula is C11H9F2NO. The van der Waals surface area contributed by atoms with Gasteiger partial charge < -0.3 is 0 Å². The predicted molar refractivity (Wildman–Crippen MR) is 51.1 cm³/mol. The Labute approximate surface area is 85.6 Å². The zero-order chi connectivity index (χ0) is 11.1. The normalized spacial score (nSPS) is 26.9. The molecule has 1 fully saturated rings. The van der Waals surface area contributed by atoms with Crippen LogP contribution in [0.4, 0.5) is 14.5 Å². The van der Waals surface area contributed by atoms with E-state index in [1.54, 1.807) is 24.3 Å². The molecular weight excluding hydrogens is 200 g/mol. The number of benzene rings is 1. The zero-order valence-electron chi connectivity index (χ0n) is 8.13. The highest BCUT2D eigenvalue weighted by Crippen LogP contribution is 2.61. The molecule has 0 amide bonds. The van der Waals surface area contributed by atoms with E-state index in [1.807, 2.05) is 0 Å². The highest BCUT2D eigenvalue weighted by molar-refractivity contribution is 5.51. The van der Waals surface area contributed by atoms with Gasteiger partial charge in [-0.3, -0.25) is 0 Å². The van der Waals surface area contributed by atoms with Gasteiger partial charge in [-0.2, -0.15) is 4.99 Å². The number of rotatable bonds is 2. The van der Waals surface area contributed by atoms with Gasteiger partial charge in [0.15, 0.2) is 0 Å². The number of nitrogens with zero attached hydrogens (tertiary/aromatic N) is 1. The van der Waals surface area contributed by atoms with Crippen LogP contribution in [0.2, 0.25) is 0 Å². The van der Waals surface area contributed by atoms with Gasteiger partial charge in [0.1, 0.15) is 0 Å². The molecule has 2 nitrogen and oxygen atoms in total.